The van der Waals surface area contributed by atoms with Crippen molar-refractivity contribution in [1.82, 2.24) is 19.7 Å². The Hall–Kier alpha value is -4.43. The van der Waals surface area contributed by atoms with Crippen molar-refractivity contribution in [1.29, 1.82) is 5.26 Å². The molecular weight excluding hydrogens is 499 g/mol. The molecule has 0 saturated carbocycles. The molecule has 4 rings (SSSR count). The van der Waals surface area contributed by atoms with Crippen molar-refractivity contribution in [3.63, 3.8) is 0 Å². The normalized spacial score (nSPS) is 11.1. The molecule has 0 fully saturated rings. The summed E-state index contributed by atoms with van der Waals surface area (Å²) < 4.78 is 52.5. The molecule has 0 amide bonds. The fourth-order valence-corrected chi connectivity index (χ4v) is 3.54. The number of ether oxygens (including phenoxy) is 2. The molecule has 0 N–H and O–H groups in total. The highest BCUT2D eigenvalue weighted by molar-refractivity contribution is 6.30. The first kappa shape index (κ1) is 24.7. The number of aromatic nitrogens is 4. The minimum absolute atomic E-state index is 0.0383. The van der Waals surface area contributed by atoms with Crippen molar-refractivity contribution < 1.29 is 22.6 Å². The average molecular weight is 514 g/mol. The fraction of sp³-hybridized carbons (Fsp3) is 0.125. The maximum absolute atomic E-state index is 13.7. The average Bonchev–Trinajstić information content (AvgIpc) is 2.85. The van der Waals surface area contributed by atoms with E-state index in [2.05, 4.69) is 15.2 Å². The number of methoxy groups -OCH3 is 1. The van der Waals surface area contributed by atoms with Crippen LogP contribution in [0.2, 0.25) is 5.02 Å². The van der Waals surface area contributed by atoms with Crippen LogP contribution >= 0.6 is 11.6 Å². The summed E-state index contributed by atoms with van der Waals surface area (Å²) >= 11 is 5.92. The van der Waals surface area contributed by atoms with Crippen LogP contribution in [-0.4, -0.2) is 26.9 Å². The number of hydrogen-bond acceptors (Lipinski definition) is 7. The lowest BCUT2D eigenvalue weighted by Crippen LogP contribution is -2.27. The van der Waals surface area contributed by atoms with Gasteiger partial charge < -0.3 is 9.47 Å². The van der Waals surface area contributed by atoms with E-state index in [4.69, 9.17) is 26.3 Å². The number of hydrogen-bond donors (Lipinski definition) is 0. The van der Waals surface area contributed by atoms with E-state index in [-0.39, 0.29) is 28.8 Å². The molecule has 2 aromatic heterocycles. The van der Waals surface area contributed by atoms with Gasteiger partial charge >= 0.3 is 6.18 Å². The van der Waals surface area contributed by atoms with Crippen LogP contribution in [0.3, 0.4) is 0 Å². The van der Waals surface area contributed by atoms with Gasteiger partial charge in [-0.25, -0.2) is 4.98 Å². The molecule has 0 spiro atoms. The molecular formula is C24H15ClF3N5O3. The van der Waals surface area contributed by atoms with Gasteiger partial charge in [-0.3, -0.25) is 9.36 Å². The zero-order valence-electron chi connectivity index (χ0n) is 18.5. The Morgan fingerprint density at radius 2 is 1.86 bits per heavy atom. The number of benzene rings is 2. The van der Waals surface area contributed by atoms with Gasteiger partial charge in [0.05, 0.1) is 37.3 Å². The second-order valence-electron chi connectivity index (χ2n) is 7.37. The predicted molar refractivity (Wildman–Crippen MR) is 123 cm³/mol. The lowest BCUT2D eigenvalue weighted by molar-refractivity contribution is -0.142. The first-order chi connectivity index (χ1) is 17.2. The van der Waals surface area contributed by atoms with Crippen LogP contribution in [0.1, 0.15) is 16.8 Å². The Bertz CT molecular complexity index is 1520. The third kappa shape index (κ3) is 5.29. The zero-order valence-corrected chi connectivity index (χ0v) is 19.2. The number of nitriles is 1. The summed E-state index contributed by atoms with van der Waals surface area (Å²) in [5.74, 6) is -1.21. The summed E-state index contributed by atoms with van der Waals surface area (Å²) in [6, 6.07) is 16.1. The van der Waals surface area contributed by atoms with Crippen molar-refractivity contribution in [2.24, 2.45) is 0 Å². The molecule has 0 atom stereocenters. The molecule has 182 valence electrons. The van der Waals surface area contributed by atoms with Crippen LogP contribution in [0.15, 0.2) is 65.7 Å². The van der Waals surface area contributed by atoms with Crippen molar-refractivity contribution in [2.45, 2.75) is 12.7 Å². The minimum Gasteiger partial charge on any atom is -0.480 e. The number of halogens is 4. The zero-order chi connectivity index (χ0) is 25.9. The van der Waals surface area contributed by atoms with Crippen LogP contribution in [0.5, 0.6) is 17.4 Å². The third-order valence-corrected chi connectivity index (χ3v) is 5.14. The molecule has 0 unspecified atom stereocenters. The van der Waals surface area contributed by atoms with Gasteiger partial charge in [0.1, 0.15) is 5.75 Å². The smallest absolute Gasteiger partial charge is 0.437 e. The lowest BCUT2D eigenvalue weighted by atomic mass is 10.1. The van der Waals surface area contributed by atoms with Crippen LogP contribution in [0.4, 0.5) is 13.2 Å². The van der Waals surface area contributed by atoms with Crippen LogP contribution < -0.4 is 15.0 Å². The van der Waals surface area contributed by atoms with Crippen molar-refractivity contribution in [3.8, 4) is 34.7 Å². The molecule has 8 nitrogen and oxygen atoms in total. The number of alkyl halides is 3. The Morgan fingerprint density at radius 3 is 2.53 bits per heavy atom. The van der Waals surface area contributed by atoms with Crippen LogP contribution in [0.25, 0.3) is 11.3 Å². The molecule has 0 saturated heterocycles. The SMILES string of the molecule is COc1nnc(-c2ccccc2)cc1Cn1cnc(C(F)(F)F)c(Oc2cc(Cl)cc(C#N)c2)c1=O. The molecule has 12 heteroatoms. The second kappa shape index (κ2) is 10.1. The van der Waals surface area contributed by atoms with Crippen molar-refractivity contribution >= 4 is 11.6 Å². The second-order valence-corrected chi connectivity index (χ2v) is 7.81. The molecule has 0 radical (unpaired) electrons. The molecule has 0 aliphatic rings. The summed E-state index contributed by atoms with van der Waals surface area (Å²) in [6.45, 7) is -0.238. The Balaban J connectivity index is 1.79. The van der Waals surface area contributed by atoms with E-state index in [0.29, 0.717) is 11.3 Å². The topological polar surface area (TPSA) is 103 Å². The predicted octanol–water partition coefficient (Wildman–Crippen LogP) is 5.09. The highest BCUT2D eigenvalue weighted by atomic mass is 35.5. The van der Waals surface area contributed by atoms with Gasteiger partial charge in [0.15, 0.2) is 5.69 Å². The highest BCUT2D eigenvalue weighted by Crippen LogP contribution is 2.35. The quantitative estimate of drug-likeness (QED) is 0.353. The first-order valence-electron chi connectivity index (χ1n) is 10.2. The van der Waals surface area contributed by atoms with Gasteiger partial charge in [0, 0.05) is 16.1 Å². The van der Waals surface area contributed by atoms with Crippen LogP contribution in [0, 0.1) is 11.3 Å². The van der Waals surface area contributed by atoms with Gasteiger partial charge in [-0.2, -0.15) is 18.4 Å². The van der Waals surface area contributed by atoms with Gasteiger partial charge in [0.2, 0.25) is 11.6 Å². The van der Waals surface area contributed by atoms with Crippen molar-refractivity contribution in [3.05, 3.63) is 93.1 Å². The van der Waals surface area contributed by atoms with E-state index >= 15 is 0 Å². The maximum Gasteiger partial charge on any atom is 0.437 e. The Labute approximate surface area is 207 Å². The summed E-state index contributed by atoms with van der Waals surface area (Å²) in [5, 5.41) is 17.3. The number of nitrogens with zero attached hydrogens (tertiary/aromatic N) is 5. The van der Waals surface area contributed by atoms with Gasteiger partial charge in [0.25, 0.3) is 5.56 Å². The minimum atomic E-state index is -4.99. The summed E-state index contributed by atoms with van der Waals surface area (Å²) in [6.07, 6.45) is -4.22. The van der Waals surface area contributed by atoms with E-state index < -0.39 is 23.2 Å². The van der Waals surface area contributed by atoms with E-state index in [1.54, 1.807) is 18.2 Å². The molecule has 36 heavy (non-hydrogen) atoms. The molecule has 2 aromatic carbocycles. The fourth-order valence-electron chi connectivity index (χ4n) is 3.32. The van der Waals surface area contributed by atoms with Gasteiger partial charge in [-0.15, -0.1) is 10.2 Å². The third-order valence-electron chi connectivity index (χ3n) is 4.92. The molecule has 0 aliphatic heterocycles. The standard InChI is InChI=1S/C24H15ClF3N5O3/c1-35-22-16(9-19(31-32-22)15-5-3-2-4-6-15)12-33-13-30-21(24(26,27)28)20(23(33)34)36-18-8-14(11-29)7-17(25)10-18/h2-10,13H,12H2,1H3. The van der Waals surface area contributed by atoms with E-state index in [1.165, 1.54) is 19.2 Å². The lowest BCUT2D eigenvalue weighted by Gasteiger charge is -2.15. The van der Waals surface area contributed by atoms with Gasteiger partial charge in [-0.05, 0) is 24.3 Å². The highest BCUT2D eigenvalue weighted by Gasteiger charge is 2.39. The Morgan fingerprint density at radius 1 is 1.11 bits per heavy atom. The van der Waals surface area contributed by atoms with Crippen molar-refractivity contribution in [2.75, 3.05) is 7.11 Å². The van der Waals surface area contributed by atoms with Gasteiger partial charge in [-0.1, -0.05) is 41.9 Å². The van der Waals surface area contributed by atoms with E-state index in [1.807, 2.05) is 24.3 Å². The molecule has 0 aliphatic carbocycles. The summed E-state index contributed by atoms with van der Waals surface area (Å²) in [4.78, 5) is 16.6. The molecule has 4 aromatic rings. The summed E-state index contributed by atoms with van der Waals surface area (Å²) in [5.41, 5.74) is -1.02. The summed E-state index contributed by atoms with van der Waals surface area (Å²) in [7, 11) is 1.35. The molecule has 2 heterocycles. The maximum atomic E-state index is 13.7. The van der Waals surface area contributed by atoms with E-state index in [0.717, 1.165) is 22.5 Å². The Kier molecular flexibility index (Phi) is 6.89. The van der Waals surface area contributed by atoms with Crippen LogP contribution in [-0.2, 0) is 12.7 Å². The van der Waals surface area contributed by atoms with E-state index in [9.17, 15) is 18.0 Å². The monoisotopic (exact) mass is 513 g/mol. The number of rotatable bonds is 6. The first-order valence-corrected chi connectivity index (χ1v) is 10.6. The largest absolute Gasteiger partial charge is 0.480 e. The molecule has 0 bridgehead atoms.